The normalized spacial score (nSPS) is 8.43. The van der Waals surface area contributed by atoms with E-state index in [2.05, 4.69) is 13.0 Å². The molecule has 0 fully saturated rings. The summed E-state index contributed by atoms with van der Waals surface area (Å²) in [4.78, 5) is 0. The second-order valence-electron chi connectivity index (χ2n) is 2.93. The number of aryl methyl sites for hydroxylation is 1. The molecule has 14 heavy (non-hydrogen) atoms. The Morgan fingerprint density at radius 3 is 2.57 bits per heavy atom. The van der Waals surface area contributed by atoms with E-state index >= 15 is 0 Å². The summed E-state index contributed by atoms with van der Waals surface area (Å²) >= 11 is 0. The summed E-state index contributed by atoms with van der Waals surface area (Å²) in [7, 11) is 0. The molecule has 0 saturated heterocycles. The van der Waals surface area contributed by atoms with E-state index in [4.69, 9.17) is 4.74 Å². The van der Waals surface area contributed by atoms with Crippen LogP contribution in [-0.4, -0.2) is 29.7 Å². The van der Waals surface area contributed by atoms with E-state index in [0.29, 0.717) is 0 Å². The van der Waals surface area contributed by atoms with Crippen molar-refractivity contribution in [1.82, 2.24) is 0 Å². The molecule has 0 N–H and O–H groups in total. The fraction of sp³-hybridized carbons (Fsp3) is 0.455. The maximum atomic E-state index is 5.45. The summed E-state index contributed by atoms with van der Waals surface area (Å²) < 4.78 is 5.45. The Bertz CT molecular complexity index is 223. The first-order chi connectivity index (χ1) is 5.83. The molecule has 0 atom stereocenters. The molecule has 0 radical (unpaired) electrons. The average molecular weight is 267 g/mol. The van der Waals surface area contributed by atoms with Crippen LogP contribution in [0.5, 0.6) is 5.75 Å². The van der Waals surface area contributed by atoms with Gasteiger partial charge in [0.1, 0.15) is 0 Å². The first kappa shape index (κ1) is 16.7. The molecule has 0 saturated carbocycles. The van der Waals surface area contributed by atoms with E-state index in [9.17, 15) is 0 Å². The minimum atomic E-state index is 0. The number of halogens is 1. The summed E-state index contributed by atoms with van der Waals surface area (Å²) in [5.41, 5.74) is 1.22. The molecule has 1 rings (SSSR count). The molecule has 3 heteroatoms. The summed E-state index contributed by atoms with van der Waals surface area (Å²) in [5.74, 6) is 0.856. The number of benzene rings is 1. The average Bonchev–Trinajstić information content (AvgIpc) is 2.09. The van der Waals surface area contributed by atoms with Gasteiger partial charge in [0, 0.05) is 5.75 Å². The minimum absolute atomic E-state index is 0. The standard InChI is InChI=1S/C11H15O.BrH.Mg/c1-3-4-9-12-11-7-5-10(2)6-8-11;;/h5-7H,3-4,9H2,1-2H3;1H;/q-1;;+2/p-1. The van der Waals surface area contributed by atoms with Crippen LogP contribution in [0.1, 0.15) is 25.3 Å². The summed E-state index contributed by atoms with van der Waals surface area (Å²) in [6.07, 6.45) is 2.29. The Morgan fingerprint density at radius 2 is 2.07 bits per heavy atom. The molecular weight excluding hydrogens is 252 g/mol. The van der Waals surface area contributed by atoms with Crippen molar-refractivity contribution in [3.8, 4) is 5.75 Å². The van der Waals surface area contributed by atoms with Gasteiger partial charge in [0.25, 0.3) is 0 Å². The van der Waals surface area contributed by atoms with Gasteiger partial charge in [-0.25, -0.2) is 0 Å². The predicted octanol–water partition coefficient (Wildman–Crippen LogP) is -0.403. The van der Waals surface area contributed by atoms with Gasteiger partial charge < -0.3 is 21.7 Å². The molecule has 0 bridgehead atoms. The first-order valence-electron chi connectivity index (χ1n) is 4.44. The molecule has 0 unspecified atom stereocenters. The third-order valence-corrected chi connectivity index (χ3v) is 1.70. The van der Waals surface area contributed by atoms with Crippen LogP contribution in [0.3, 0.4) is 0 Å². The molecule has 1 nitrogen and oxygen atoms in total. The van der Waals surface area contributed by atoms with Crippen molar-refractivity contribution < 1.29 is 21.7 Å². The Morgan fingerprint density at radius 1 is 1.36 bits per heavy atom. The number of ether oxygens (including phenoxy) is 1. The van der Waals surface area contributed by atoms with Crippen LogP contribution in [0, 0.1) is 13.0 Å². The van der Waals surface area contributed by atoms with Crippen LogP contribution >= 0.6 is 0 Å². The summed E-state index contributed by atoms with van der Waals surface area (Å²) in [6, 6.07) is 9.02. The Kier molecular flexibility index (Phi) is 11.7. The van der Waals surface area contributed by atoms with E-state index in [0.717, 1.165) is 18.8 Å². The Hall–Kier alpha value is 0.266. The number of hydrogen-bond acceptors (Lipinski definition) is 1. The molecule has 1 aromatic carbocycles. The van der Waals surface area contributed by atoms with Crippen molar-refractivity contribution in [2.75, 3.05) is 6.61 Å². The first-order valence-corrected chi connectivity index (χ1v) is 4.44. The summed E-state index contributed by atoms with van der Waals surface area (Å²) in [5, 5.41) is 0. The van der Waals surface area contributed by atoms with Crippen LogP contribution in [-0.2, 0) is 0 Å². The zero-order valence-electron chi connectivity index (χ0n) is 8.85. The van der Waals surface area contributed by atoms with E-state index < -0.39 is 0 Å². The zero-order chi connectivity index (χ0) is 8.81. The van der Waals surface area contributed by atoms with E-state index in [-0.39, 0.29) is 40.0 Å². The van der Waals surface area contributed by atoms with Gasteiger partial charge >= 0.3 is 23.1 Å². The van der Waals surface area contributed by atoms with E-state index in [1.54, 1.807) is 0 Å². The molecule has 0 amide bonds. The van der Waals surface area contributed by atoms with E-state index in [1.165, 1.54) is 12.0 Å². The van der Waals surface area contributed by atoms with Gasteiger partial charge in [-0.2, -0.15) is 17.7 Å². The van der Waals surface area contributed by atoms with Crippen LogP contribution in [0.15, 0.2) is 18.2 Å². The van der Waals surface area contributed by atoms with E-state index in [1.807, 2.05) is 25.1 Å². The van der Waals surface area contributed by atoms with Gasteiger partial charge in [0.2, 0.25) is 0 Å². The quantitative estimate of drug-likeness (QED) is 0.410. The second-order valence-corrected chi connectivity index (χ2v) is 2.93. The van der Waals surface area contributed by atoms with Crippen LogP contribution < -0.4 is 21.7 Å². The van der Waals surface area contributed by atoms with Gasteiger partial charge in [0.15, 0.2) is 0 Å². The fourth-order valence-electron chi connectivity index (χ4n) is 0.905. The summed E-state index contributed by atoms with van der Waals surface area (Å²) in [6.45, 7) is 5.00. The number of rotatable bonds is 4. The molecule has 0 aromatic heterocycles. The molecule has 0 heterocycles. The van der Waals surface area contributed by atoms with Gasteiger partial charge in [-0.05, 0) is 6.42 Å². The van der Waals surface area contributed by atoms with Crippen LogP contribution in [0.25, 0.3) is 0 Å². The van der Waals surface area contributed by atoms with Crippen molar-refractivity contribution in [1.29, 1.82) is 0 Å². The second kappa shape index (κ2) is 9.81. The molecular formula is C11H15BrMgO. The number of hydrogen-bond donors (Lipinski definition) is 0. The van der Waals surface area contributed by atoms with Gasteiger partial charge in [-0.1, -0.05) is 20.3 Å². The minimum Gasteiger partial charge on any atom is -1.00 e. The van der Waals surface area contributed by atoms with Crippen molar-refractivity contribution in [2.45, 2.75) is 26.7 Å². The molecule has 1 aromatic rings. The Labute approximate surface area is 113 Å². The molecule has 0 aliphatic heterocycles. The van der Waals surface area contributed by atoms with Crippen molar-refractivity contribution >= 4 is 23.1 Å². The fourth-order valence-corrected chi connectivity index (χ4v) is 0.905. The predicted molar refractivity (Wildman–Crippen MR) is 56.2 cm³/mol. The van der Waals surface area contributed by atoms with Crippen molar-refractivity contribution in [2.24, 2.45) is 0 Å². The third-order valence-electron chi connectivity index (χ3n) is 1.70. The maximum absolute atomic E-state index is 5.45. The van der Waals surface area contributed by atoms with Crippen molar-refractivity contribution in [3.05, 3.63) is 29.8 Å². The monoisotopic (exact) mass is 266 g/mol. The third kappa shape index (κ3) is 6.68. The molecule has 0 spiro atoms. The molecule has 0 aliphatic rings. The largest absolute Gasteiger partial charge is 2.00 e. The molecule has 0 aliphatic carbocycles. The van der Waals surface area contributed by atoms with Gasteiger partial charge in [-0.15, -0.1) is 12.1 Å². The zero-order valence-corrected chi connectivity index (χ0v) is 11.8. The SMILES string of the molecule is CCCCOc1[c-]cc(C)cc1.[Br-].[Mg+2]. The topological polar surface area (TPSA) is 9.23 Å². The van der Waals surface area contributed by atoms with Gasteiger partial charge in [0.05, 0.1) is 6.61 Å². The maximum Gasteiger partial charge on any atom is 2.00 e. The molecule has 74 valence electrons. The van der Waals surface area contributed by atoms with Crippen LogP contribution in [0.4, 0.5) is 0 Å². The smallest absolute Gasteiger partial charge is 1.00 e. The number of unbranched alkanes of at least 4 members (excludes halogenated alkanes) is 1. The Balaban J connectivity index is 0. The van der Waals surface area contributed by atoms with Crippen molar-refractivity contribution in [3.63, 3.8) is 0 Å². The van der Waals surface area contributed by atoms with Gasteiger partial charge in [-0.3, -0.25) is 0 Å². The van der Waals surface area contributed by atoms with Crippen LogP contribution in [0.2, 0.25) is 0 Å².